The number of carbonyl (C=O) groups excluding carboxylic acids is 1. The highest BCUT2D eigenvalue weighted by molar-refractivity contribution is 5.83. The zero-order chi connectivity index (χ0) is 12.2. The lowest BCUT2D eigenvalue weighted by Gasteiger charge is -2.33. The largest absolute Gasteiger partial charge is 0.335 e. The van der Waals surface area contributed by atoms with Gasteiger partial charge in [-0.25, -0.2) is 0 Å². The van der Waals surface area contributed by atoms with Gasteiger partial charge in [0, 0.05) is 17.9 Å². The number of rotatable bonds is 0. The van der Waals surface area contributed by atoms with Gasteiger partial charge in [0.05, 0.1) is 6.04 Å². The molecule has 2 heteroatoms. The van der Waals surface area contributed by atoms with Crippen molar-refractivity contribution in [2.75, 3.05) is 6.54 Å². The summed E-state index contributed by atoms with van der Waals surface area (Å²) in [4.78, 5) is 14.5. The predicted molar refractivity (Wildman–Crippen MR) is 67.7 cm³/mol. The number of likely N-dealkylation sites (tertiary alicyclic amines) is 1. The average molecular weight is 229 g/mol. The van der Waals surface area contributed by atoms with Crippen LogP contribution in [0.25, 0.3) is 0 Å². The SMILES string of the molecule is CC(C)(C)C(=O)N1CC2CC1c1ccccc12. The van der Waals surface area contributed by atoms with Gasteiger partial charge in [-0.05, 0) is 17.5 Å². The molecule has 1 fully saturated rings. The van der Waals surface area contributed by atoms with E-state index >= 15 is 0 Å². The van der Waals surface area contributed by atoms with Gasteiger partial charge in [0.25, 0.3) is 0 Å². The zero-order valence-corrected chi connectivity index (χ0v) is 10.7. The Labute approximate surface area is 103 Å². The van der Waals surface area contributed by atoms with Gasteiger partial charge in [-0.3, -0.25) is 4.79 Å². The summed E-state index contributed by atoms with van der Waals surface area (Å²) in [5.74, 6) is 0.863. The number of nitrogens with zero attached hydrogens (tertiary/aromatic N) is 1. The molecule has 0 spiro atoms. The minimum atomic E-state index is -0.264. The summed E-state index contributed by atoms with van der Waals surface area (Å²) < 4.78 is 0. The molecule has 0 saturated carbocycles. The second-order valence-electron chi connectivity index (χ2n) is 6.28. The van der Waals surface area contributed by atoms with Crippen molar-refractivity contribution in [1.82, 2.24) is 4.90 Å². The van der Waals surface area contributed by atoms with Gasteiger partial charge in [-0.15, -0.1) is 0 Å². The molecule has 0 aromatic heterocycles. The van der Waals surface area contributed by atoms with E-state index in [1.165, 1.54) is 11.1 Å². The molecule has 1 heterocycles. The smallest absolute Gasteiger partial charge is 0.228 e. The Morgan fingerprint density at radius 1 is 1.24 bits per heavy atom. The first kappa shape index (κ1) is 10.8. The lowest BCUT2D eigenvalue weighted by Crippen LogP contribution is -2.40. The summed E-state index contributed by atoms with van der Waals surface area (Å²) in [5.41, 5.74) is 2.58. The van der Waals surface area contributed by atoms with Gasteiger partial charge in [0.1, 0.15) is 0 Å². The third-order valence-electron chi connectivity index (χ3n) is 4.00. The van der Waals surface area contributed by atoms with Crippen LogP contribution in [0.2, 0.25) is 0 Å². The van der Waals surface area contributed by atoms with Gasteiger partial charge >= 0.3 is 0 Å². The highest BCUT2D eigenvalue weighted by Gasteiger charge is 2.46. The highest BCUT2D eigenvalue weighted by atomic mass is 16.2. The minimum absolute atomic E-state index is 0.264. The third-order valence-corrected chi connectivity index (χ3v) is 4.00. The van der Waals surface area contributed by atoms with E-state index in [0.717, 1.165) is 13.0 Å². The van der Waals surface area contributed by atoms with E-state index in [9.17, 15) is 4.79 Å². The van der Waals surface area contributed by atoms with Gasteiger partial charge in [0.2, 0.25) is 5.91 Å². The molecule has 1 aliphatic heterocycles. The number of carbonyl (C=O) groups is 1. The van der Waals surface area contributed by atoms with E-state index in [-0.39, 0.29) is 5.41 Å². The second-order valence-corrected chi connectivity index (χ2v) is 6.28. The molecule has 2 atom stereocenters. The Kier molecular flexibility index (Phi) is 2.13. The number of fused-ring (bicyclic) bond motifs is 5. The summed E-state index contributed by atoms with van der Waals surface area (Å²) in [6, 6.07) is 8.93. The first-order valence-corrected chi connectivity index (χ1v) is 6.38. The molecule has 1 saturated heterocycles. The van der Waals surface area contributed by atoms with Crippen molar-refractivity contribution >= 4 is 5.91 Å². The molecule has 1 aromatic carbocycles. The van der Waals surface area contributed by atoms with E-state index in [0.29, 0.717) is 17.9 Å². The molecule has 2 nitrogen and oxygen atoms in total. The maximum Gasteiger partial charge on any atom is 0.228 e. The van der Waals surface area contributed by atoms with E-state index in [4.69, 9.17) is 0 Å². The minimum Gasteiger partial charge on any atom is -0.335 e. The third kappa shape index (κ3) is 1.50. The topological polar surface area (TPSA) is 20.3 Å². The molecule has 2 aliphatic rings. The Balaban J connectivity index is 1.94. The summed E-state index contributed by atoms with van der Waals surface area (Å²) in [6.45, 7) is 6.94. The Morgan fingerprint density at radius 2 is 1.88 bits per heavy atom. The second kappa shape index (κ2) is 3.34. The van der Waals surface area contributed by atoms with E-state index in [1.54, 1.807) is 0 Å². The molecule has 3 rings (SSSR count). The summed E-state index contributed by atoms with van der Waals surface area (Å²) in [7, 11) is 0. The lowest BCUT2D eigenvalue weighted by molar-refractivity contribution is -0.140. The number of hydrogen-bond acceptors (Lipinski definition) is 1. The van der Waals surface area contributed by atoms with Crippen LogP contribution in [0.4, 0.5) is 0 Å². The van der Waals surface area contributed by atoms with Crippen molar-refractivity contribution in [3.05, 3.63) is 35.4 Å². The van der Waals surface area contributed by atoms with E-state index in [2.05, 4.69) is 29.2 Å². The van der Waals surface area contributed by atoms with Crippen molar-refractivity contribution in [1.29, 1.82) is 0 Å². The fourth-order valence-corrected chi connectivity index (χ4v) is 3.20. The first-order chi connectivity index (χ1) is 7.98. The van der Waals surface area contributed by atoms with Crippen molar-refractivity contribution < 1.29 is 4.79 Å². The maximum atomic E-state index is 12.4. The highest BCUT2D eigenvalue weighted by Crippen LogP contribution is 2.50. The van der Waals surface area contributed by atoms with Crippen LogP contribution in [0, 0.1) is 5.41 Å². The maximum absolute atomic E-state index is 12.4. The fraction of sp³-hybridized carbons (Fsp3) is 0.533. The van der Waals surface area contributed by atoms with Crippen LogP contribution in [-0.4, -0.2) is 17.4 Å². The van der Waals surface area contributed by atoms with Crippen LogP contribution in [0.3, 0.4) is 0 Å². The van der Waals surface area contributed by atoms with E-state index < -0.39 is 0 Å². The quantitative estimate of drug-likeness (QED) is 0.669. The molecule has 1 aromatic rings. The Hall–Kier alpha value is -1.31. The predicted octanol–water partition coefficient (Wildman–Crippen LogP) is 3.10. The monoisotopic (exact) mass is 229 g/mol. The molecule has 17 heavy (non-hydrogen) atoms. The van der Waals surface area contributed by atoms with Gasteiger partial charge in [-0.2, -0.15) is 0 Å². The molecule has 1 amide bonds. The summed E-state index contributed by atoms with van der Waals surface area (Å²) in [5, 5.41) is 0. The van der Waals surface area contributed by atoms with Crippen LogP contribution in [0.1, 0.15) is 50.3 Å². The Morgan fingerprint density at radius 3 is 2.53 bits per heavy atom. The van der Waals surface area contributed by atoms with Crippen LogP contribution >= 0.6 is 0 Å². The standard InChI is InChI=1S/C15H19NO/c1-15(2,3)14(17)16-9-10-8-13(16)12-7-5-4-6-11(10)12/h4-7,10,13H,8-9H2,1-3H3. The molecule has 0 radical (unpaired) electrons. The summed E-state index contributed by atoms with van der Waals surface area (Å²) >= 11 is 0. The van der Waals surface area contributed by atoms with Crippen molar-refractivity contribution in [3.63, 3.8) is 0 Å². The average Bonchev–Trinajstić information content (AvgIpc) is 2.85. The lowest BCUT2D eigenvalue weighted by atomic mass is 9.92. The van der Waals surface area contributed by atoms with Crippen LogP contribution < -0.4 is 0 Å². The van der Waals surface area contributed by atoms with Crippen LogP contribution in [0.15, 0.2) is 24.3 Å². The number of benzene rings is 1. The van der Waals surface area contributed by atoms with E-state index in [1.807, 2.05) is 20.8 Å². The van der Waals surface area contributed by atoms with Crippen LogP contribution in [-0.2, 0) is 4.79 Å². The zero-order valence-electron chi connectivity index (χ0n) is 10.7. The molecule has 1 aliphatic carbocycles. The molecular formula is C15H19NO. The number of hydrogen-bond donors (Lipinski definition) is 0. The van der Waals surface area contributed by atoms with Crippen LogP contribution in [0.5, 0.6) is 0 Å². The molecule has 2 unspecified atom stereocenters. The Bertz CT molecular complexity index is 472. The normalized spacial score (nSPS) is 26.2. The fourth-order valence-electron chi connectivity index (χ4n) is 3.20. The van der Waals surface area contributed by atoms with Crippen molar-refractivity contribution in [2.24, 2.45) is 5.41 Å². The van der Waals surface area contributed by atoms with Crippen molar-refractivity contribution in [3.8, 4) is 0 Å². The van der Waals surface area contributed by atoms with Gasteiger partial charge in [-0.1, -0.05) is 45.0 Å². The molecule has 2 bridgehead atoms. The summed E-state index contributed by atoms with van der Waals surface area (Å²) in [6.07, 6.45) is 1.13. The molecule has 0 N–H and O–H groups in total. The van der Waals surface area contributed by atoms with Gasteiger partial charge in [0.15, 0.2) is 0 Å². The van der Waals surface area contributed by atoms with Gasteiger partial charge < -0.3 is 4.90 Å². The first-order valence-electron chi connectivity index (χ1n) is 6.38. The van der Waals surface area contributed by atoms with Crippen molar-refractivity contribution in [2.45, 2.75) is 39.2 Å². The number of amides is 1. The molecule has 90 valence electrons. The molecular weight excluding hydrogens is 210 g/mol.